The molecule has 0 amide bonds. The molecule has 2 aromatic carbocycles. The number of carbonyl (C=O) groups excluding carboxylic acids is 1. The zero-order valence-electron chi connectivity index (χ0n) is 10.5. The summed E-state index contributed by atoms with van der Waals surface area (Å²) < 4.78 is 0. The molecule has 0 aromatic heterocycles. The molecule has 0 saturated carbocycles. The van der Waals surface area contributed by atoms with Crippen molar-refractivity contribution in [1.82, 2.24) is 0 Å². The predicted molar refractivity (Wildman–Crippen MR) is 75.1 cm³/mol. The van der Waals surface area contributed by atoms with Crippen molar-refractivity contribution < 1.29 is 15.2 Å². The maximum atomic E-state index is 11.7. The first kappa shape index (κ1) is 13.9. The Morgan fingerprint density at radius 1 is 1.15 bits per heavy atom. The van der Waals surface area contributed by atoms with Crippen molar-refractivity contribution in [2.75, 3.05) is 5.43 Å². The highest BCUT2D eigenvalue weighted by Crippen LogP contribution is 2.10. The quantitative estimate of drug-likeness (QED) is 0.435. The number of nitrogens with one attached hydrogen (secondary N) is 2. The molecule has 0 spiro atoms. The molecule has 0 heterocycles. The minimum absolute atomic E-state index is 0.194. The third-order valence-corrected chi connectivity index (χ3v) is 2.57. The van der Waals surface area contributed by atoms with Gasteiger partial charge in [0, 0.05) is 17.7 Å². The second kappa shape index (κ2) is 6.58. The Morgan fingerprint density at radius 2 is 1.80 bits per heavy atom. The van der Waals surface area contributed by atoms with E-state index in [9.17, 15) is 10.0 Å². The highest BCUT2D eigenvalue weighted by Gasteiger charge is 2.01. The summed E-state index contributed by atoms with van der Waals surface area (Å²) in [4.78, 5) is 11.7. The van der Waals surface area contributed by atoms with E-state index in [1.54, 1.807) is 36.4 Å². The third kappa shape index (κ3) is 3.72. The lowest BCUT2D eigenvalue weighted by Gasteiger charge is -2.11. The first-order valence-corrected chi connectivity index (χ1v) is 5.88. The molecule has 0 fully saturated rings. The third-order valence-electron chi connectivity index (χ3n) is 2.57. The van der Waals surface area contributed by atoms with Crippen molar-refractivity contribution in [3.63, 3.8) is 0 Å². The van der Waals surface area contributed by atoms with Gasteiger partial charge in [-0.15, -0.1) is 0 Å². The van der Waals surface area contributed by atoms with Crippen molar-refractivity contribution in [3.8, 4) is 0 Å². The number of anilines is 1. The van der Waals surface area contributed by atoms with Crippen LogP contribution in [-0.4, -0.2) is 17.2 Å². The van der Waals surface area contributed by atoms with E-state index >= 15 is 0 Å². The standard InChI is InChI=1S/C14H13N3O3/c18-14(11-4-2-1-3-5-11)10-15-16-12-6-8-13(9-7-12)17(19)20/h1-10,16-17,19H. The SMILES string of the molecule is O=C(C=NNc1ccc([NH+]([O-])O)cc1)c1ccccc1. The van der Waals surface area contributed by atoms with Gasteiger partial charge in [-0.1, -0.05) is 30.3 Å². The first-order chi connectivity index (χ1) is 9.66. The van der Waals surface area contributed by atoms with Gasteiger partial charge >= 0.3 is 0 Å². The minimum atomic E-state index is -0.987. The van der Waals surface area contributed by atoms with Crippen molar-refractivity contribution in [2.45, 2.75) is 0 Å². The topological polar surface area (TPSA) is 89.2 Å². The molecule has 0 aliphatic rings. The van der Waals surface area contributed by atoms with E-state index in [1.807, 2.05) is 6.07 Å². The molecule has 0 aliphatic carbocycles. The molecule has 0 aliphatic heterocycles. The van der Waals surface area contributed by atoms with Crippen LogP contribution in [0, 0.1) is 5.21 Å². The number of ketones is 1. The summed E-state index contributed by atoms with van der Waals surface area (Å²) in [5.41, 5.74) is 4.02. The second-order valence-electron chi connectivity index (χ2n) is 3.98. The number of hydrogen-bond acceptors (Lipinski definition) is 5. The molecule has 2 aromatic rings. The van der Waals surface area contributed by atoms with E-state index in [1.165, 1.54) is 18.3 Å². The van der Waals surface area contributed by atoms with Crippen LogP contribution in [0.3, 0.4) is 0 Å². The molecule has 1 unspecified atom stereocenters. The van der Waals surface area contributed by atoms with E-state index in [0.717, 1.165) is 0 Å². The van der Waals surface area contributed by atoms with Gasteiger partial charge in [0.25, 0.3) is 0 Å². The van der Waals surface area contributed by atoms with E-state index in [-0.39, 0.29) is 11.5 Å². The summed E-state index contributed by atoms with van der Waals surface area (Å²) in [6, 6.07) is 14.9. The minimum Gasteiger partial charge on any atom is -0.595 e. The number of carbonyl (C=O) groups is 1. The number of benzene rings is 2. The van der Waals surface area contributed by atoms with Crippen LogP contribution < -0.4 is 10.7 Å². The van der Waals surface area contributed by atoms with E-state index in [4.69, 9.17) is 5.21 Å². The number of hydrogen-bond donors (Lipinski definition) is 3. The Kier molecular flexibility index (Phi) is 4.56. The van der Waals surface area contributed by atoms with E-state index in [2.05, 4.69) is 10.5 Å². The van der Waals surface area contributed by atoms with Crippen molar-refractivity contribution in [2.24, 2.45) is 5.10 Å². The fourth-order valence-electron chi connectivity index (χ4n) is 1.53. The number of quaternary nitrogens is 1. The van der Waals surface area contributed by atoms with Gasteiger partial charge in [-0.2, -0.15) is 10.3 Å². The summed E-state index contributed by atoms with van der Waals surface area (Å²) >= 11 is 0. The Balaban J connectivity index is 1.95. The smallest absolute Gasteiger partial charge is 0.205 e. The normalized spacial score (nSPS) is 12.3. The van der Waals surface area contributed by atoms with Gasteiger partial charge in [0.15, 0.2) is 5.69 Å². The van der Waals surface area contributed by atoms with Gasteiger partial charge < -0.3 is 5.21 Å². The molecular formula is C14H13N3O3. The molecule has 0 bridgehead atoms. The average molecular weight is 271 g/mol. The van der Waals surface area contributed by atoms with Gasteiger partial charge in [-0.05, 0) is 12.1 Å². The summed E-state index contributed by atoms with van der Waals surface area (Å²) in [7, 11) is 0. The molecule has 1 atom stereocenters. The second-order valence-corrected chi connectivity index (χ2v) is 3.98. The van der Waals surface area contributed by atoms with Gasteiger partial charge in [0.2, 0.25) is 5.78 Å². The Bertz CT molecular complexity index is 595. The molecule has 2 rings (SSSR count). The molecule has 20 heavy (non-hydrogen) atoms. The zero-order valence-corrected chi connectivity index (χ0v) is 10.5. The maximum Gasteiger partial charge on any atom is 0.205 e. The van der Waals surface area contributed by atoms with Crippen LogP contribution in [-0.2, 0) is 0 Å². The van der Waals surface area contributed by atoms with Gasteiger partial charge in [0.1, 0.15) is 0 Å². The lowest BCUT2D eigenvalue weighted by molar-refractivity contribution is -0.991. The number of hydrazone groups is 1. The largest absolute Gasteiger partial charge is 0.595 e. The van der Waals surface area contributed by atoms with Crippen LogP contribution in [0.4, 0.5) is 11.4 Å². The average Bonchev–Trinajstić information content (AvgIpc) is 2.48. The van der Waals surface area contributed by atoms with Crippen LogP contribution in [0.2, 0.25) is 0 Å². The number of Topliss-reactive ketones (excluding diaryl/α,β-unsaturated/α-hetero) is 1. The summed E-state index contributed by atoms with van der Waals surface area (Å²) in [5, 5.41) is 22.3. The Labute approximate surface area is 115 Å². The van der Waals surface area contributed by atoms with Crippen LogP contribution in [0.25, 0.3) is 0 Å². The Hall–Kier alpha value is -2.54. The van der Waals surface area contributed by atoms with Crippen LogP contribution in [0.15, 0.2) is 59.7 Å². The number of rotatable bonds is 5. The molecule has 6 heteroatoms. The van der Waals surface area contributed by atoms with Gasteiger partial charge in [-0.25, -0.2) is 5.21 Å². The Morgan fingerprint density at radius 3 is 2.40 bits per heavy atom. The first-order valence-electron chi connectivity index (χ1n) is 5.88. The fourth-order valence-corrected chi connectivity index (χ4v) is 1.53. The summed E-state index contributed by atoms with van der Waals surface area (Å²) in [5.74, 6) is -0.208. The zero-order chi connectivity index (χ0) is 14.4. The summed E-state index contributed by atoms with van der Waals surface area (Å²) in [6.07, 6.45) is 1.18. The summed E-state index contributed by atoms with van der Waals surface area (Å²) in [6.45, 7) is 0. The predicted octanol–water partition coefficient (Wildman–Crippen LogP) is 1.37. The molecule has 3 N–H and O–H groups in total. The van der Waals surface area contributed by atoms with Gasteiger partial charge in [-0.3, -0.25) is 10.2 Å². The van der Waals surface area contributed by atoms with Crippen LogP contribution in [0.1, 0.15) is 10.4 Å². The van der Waals surface area contributed by atoms with Crippen molar-refractivity contribution >= 4 is 23.4 Å². The van der Waals surface area contributed by atoms with Crippen LogP contribution in [0.5, 0.6) is 0 Å². The molecular weight excluding hydrogens is 258 g/mol. The van der Waals surface area contributed by atoms with E-state index < -0.39 is 5.23 Å². The van der Waals surface area contributed by atoms with Crippen molar-refractivity contribution in [3.05, 3.63) is 65.4 Å². The maximum absolute atomic E-state index is 11.7. The lowest BCUT2D eigenvalue weighted by Crippen LogP contribution is -2.99. The molecule has 6 nitrogen and oxygen atoms in total. The highest BCUT2D eigenvalue weighted by atomic mass is 16.8. The fraction of sp³-hybridized carbons (Fsp3) is 0. The highest BCUT2D eigenvalue weighted by molar-refractivity contribution is 6.35. The van der Waals surface area contributed by atoms with Crippen molar-refractivity contribution in [1.29, 1.82) is 0 Å². The molecule has 0 saturated heterocycles. The number of nitrogens with zero attached hydrogens (tertiary/aromatic N) is 1. The monoisotopic (exact) mass is 271 g/mol. The van der Waals surface area contributed by atoms with E-state index in [0.29, 0.717) is 11.3 Å². The van der Waals surface area contributed by atoms with Crippen LogP contribution >= 0.6 is 0 Å². The van der Waals surface area contributed by atoms with Gasteiger partial charge in [0.05, 0.1) is 11.9 Å². The lowest BCUT2D eigenvalue weighted by atomic mass is 10.1. The molecule has 102 valence electrons. The molecule has 0 radical (unpaired) electrons.